The fourth-order valence-electron chi connectivity index (χ4n) is 10.8. The van der Waals surface area contributed by atoms with Crippen LogP contribution >= 0.6 is 0 Å². The molecule has 2 saturated heterocycles. The molecule has 6 rings (SSSR count). The number of esters is 2. The lowest BCUT2D eigenvalue weighted by Crippen LogP contribution is -2.63. The van der Waals surface area contributed by atoms with Gasteiger partial charge in [-0.25, -0.2) is 0 Å². The highest BCUT2D eigenvalue weighted by Gasteiger charge is 2.69. The first-order chi connectivity index (χ1) is 22.1. The largest absolute Gasteiger partial charge is 0.457 e. The van der Waals surface area contributed by atoms with Crippen molar-refractivity contribution >= 4 is 11.9 Å². The van der Waals surface area contributed by atoms with Crippen LogP contribution in [0.2, 0.25) is 0 Å². The molecule has 0 amide bonds. The Labute approximate surface area is 275 Å². The van der Waals surface area contributed by atoms with Gasteiger partial charge in [0.05, 0.1) is 24.2 Å². The smallest absolute Gasteiger partial charge is 0.314 e. The third-order valence-electron chi connectivity index (χ3n) is 13.1. The Hall–Kier alpha value is -1.68. The Morgan fingerprint density at radius 2 is 1.57 bits per heavy atom. The van der Waals surface area contributed by atoms with E-state index >= 15 is 0 Å². The van der Waals surface area contributed by atoms with E-state index in [0.717, 1.165) is 44.1 Å². The first-order valence-corrected chi connectivity index (χ1v) is 17.1. The maximum atomic E-state index is 14.0. The van der Waals surface area contributed by atoms with Gasteiger partial charge in [-0.1, -0.05) is 19.9 Å². The highest BCUT2D eigenvalue weighted by Crippen LogP contribution is 2.73. The van der Waals surface area contributed by atoms with Gasteiger partial charge in [0, 0.05) is 12.3 Å². The Morgan fingerprint density at radius 1 is 0.872 bits per heavy atom. The second-order valence-corrected chi connectivity index (χ2v) is 15.6. The summed E-state index contributed by atoms with van der Waals surface area (Å²) < 4.78 is 29.2. The van der Waals surface area contributed by atoms with E-state index in [2.05, 4.69) is 13.5 Å². The van der Waals surface area contributed by atoms with Gasteiger partial charge in [-0.05, 0) is 87.5 Å². The summed E-state index contributed by atoms with van der Waals surface area (Å²) in [4.78, 5) is 25.6. The van der Waals surface area contributed by atoms with Crippen LogP contribution in [-0.4, -0.2) is 117 Å². The van der Waals surface area contributed by atoms with Crippen LogP contribution in [0.5, 0.6) is 0 Å². The molecule has 0 unspecified atom stereocenters. The fraction of sp³-hybridized carbons (Fsp3) is 0.882. The van der Waals surface area contributed by atoms with Crippen LogP contribution < -0.4 is 0 Å². The van der Waals surface area contributed by atoms with Crippen molar-refractivity contribution in [3.05, 3.63) is 12.2 Å². The number of fused-ring (bicyclic) bond motifs is 3. The van der Waals surface area contributed by atoms with E-state index in [1.165, 1.54) is 6.92 Å². The third kappa shape index (κ3) is 5.48. The maximum absolute atomic E-state index is 14.0. The van der Waals surface area contributed by atoms with E-state index < -0.39 is 91.5 Å². The normalized spacial score (nSPS) is 52.7. The minimum absolute atomic E-state index is 0.0781. The number of aliphatic hydroxyl groups is 6. The fourth-order valence-corrected chi connectivity index (χ4v) is 10.8. The summed E-state index contributed by atoms with van der Waals surface area (Å²) in [6.45, 7) is 10.9. The van der Waals surface area contributed by atoms with Gasteiger partial charge in [0.25, 0.3) is 0 Å². The van der Waals surface area contributed by atoms with Crippen LogP contribution in [-0.2, 0) is 33.3 Å². The molecule has 13 heteroatoms. The highest BCUT2D eigenvalue weighted by molar-refractivity contribution is 5.77. The molecule has 2 aliphatic heterocycles. The monoisotopic (exact) mass is 668 g/mol. The SMILES string of the molecule is C=C1[C@@H]2CC[C@H]3[C@]4(C)CCC[C@@](C)(C(=O)O[C@@H]5O[C@H](CO)[C@@H](O)[C@H](O)[C@H]5O)[C@H]4CC[C@]3(C2)[C@@H]1O[C@H]1O[C@@H](C)[C@@H](OC(C)=O)[C@@H](O)[C@@H]1O. The Bertz CT molecular complexity index is 1230. The molecular formula is C34H52O13. The maximum Gasteiger partial charge on any atom is 0.314 e. The van der Waals surface area contributed by atoms with Crippen molar-refractivity contribution in [1.82, 2.24) is 0 Å². The van der Waals surface area contributed by atoms with Gasteiger partial charge in [-0.2, -0.15) is 0 Å². The Kier molecular flexibility index (Phi) is 9.41. The van der Waals surface area contributed by atoms with Crippen LogP contribution in [0.3, 0.4) is 0 Å². The molecular weight excluding hydrogens is 616 g/mol. The van der Waals surface area contributed by atoms with Crippen molar-refractivity contribution in [2.75, 3.05) is 6.61 Å². The summed E-state index contributed by atoms with van der Waals surface area (Å²) in [5.74, 6) is -0.830. The first kappa shape index (κ1) is 35.2. The van der Waals surface area contributed by atoms with Crippen LogP contribution in [0.25, 0.3) is 0 Å². The highest BCUT2D eigenvalue weighted by atomic mass is 16.7. The zero-order chi connectivity index (χ0) is 34.2. The lowest BCUT2D eigenvalue weighted by Gasteiger charge is -2.64. The van der Waals surface area contributed by atoms with Gasteiger partial charge < -0.3 is 54.3 Å². The van der Waals surface area contributed by atoms with E-state index in [1.54, 1.807) is 6.92 Å². The zero-order valence-corrected chi connectivity index (χ0v) is 27.7. The average molecular weight is 669 g/mol. The summed E-state index contributed by atoms with van der Waals surface area (Å²) in [6.07, 6.45) is -7.44. The van der Waals surface area contributed by atoms with Gasteiger partial charge >= 0.3 is 11.9 Å². The summed E-state index contributed by atoms with van der Waals surface area (Å²) in [7, 11) is 0. The molecule has 0 radical (unpaired) electrons. The van der Waals surface area contributed by atoms with Crippen LogP contribution in [0.15, 0.2) is 12.2 Å². The molecule has 13 nitrogen and oxygen atoms in total. The molecule has 0 aromatic rings. The minimum atomic E-state index is -1.68. The molecule has 17 atom stereocenters. The van der Waals surface area contributed by atoms with E-state index in [1.807, 2.05) is 6.92 Å². The molecule has 266 valence electrons. The number of hydrogen-bond acceptors (Lipinski definition) is 13. The first-order valence-electron chi connectivity index (χ1n) is 17.1. The molecule has 6 N–H and O–H groups in total. The van der Waals surface area contributed by atoms with Crippen molar-refractivity contribution in [3.8, 4) is 0 Å². The molecule has 0 aromatic carbocycles. The molecule has 4 saturated carbocycles. The Morgan fingerprint density at radius 3 is 2.26 bits per heavy atom. The topological polar surface area (TPSA) is 202 Å². The average Bonchev–Trinajstić information content (AvgIpc) is 3.21. The van der Waals surface area contributed by atoms with E-state index in [9.17, 15) is 40.2 Å². The Balaban J connectivity index is 1.23. The van der Waals surface area contributed by atoms with Crippen LogP contribution in [0.4, 0.5) is 0 Å². The predicted molar refractivity (Wildman–Crippen MR) is 162 cm³/mol. The van der Waals surface area contributed by atoms with Gasteiger partial charge in [-0.3, -0.25) is 9.59 Å². The molecule has 2 heterocycles. The summed E-state index contributed by atoms with van der Waals surface area (Å²) in [5, 5.41) is 62.6. The van der Waals surface area contributed by atoms with Gasteiger partial charge in [0.15, 0.2) is 12.4 Å². The van der Waals surface area contributed by atoms with E-state index in [0.29, 0.717) is 12.8 Å². The molecule has 1 spiro atoms. The quantitative estimate of drug-likeness (QED) is 0.171. The summed E-state index contributed by atoms with van der Waals surface area (Å²) in [6, 6.07) is 0. The van der Waals surface area contributed by atoms with Crippen molar-refractivity contribution in [3.63, 3.8) is 0 Å². The van der Waals surface area contributed by atoms with Gasteiger partial charge in [-0.15, -0.1) is 0 Å². The molecule has 47 heavy (non-hydrogen) atoms. The third-order valence-corrected chi connectivity index (χ3v) is 13.1. The second-order valence-electron chi connectivity index (χ2n) is 15.6. The van der Waals surface area contributed by atoms with Crippen molar-refractivity contribution in [2.45, 2.75) is 147 Å². The molecule has 0 aromatic heterocycles. The number of aliphatic hydroxyl groups excluding tert-OH is 6. The van der Waals surface area contributed by atoms with E-state index in [4.69, 9.17) is 23.7 Å². The standard InChI is InChI=1S/C34H52O13/c1-15-18-7-8-21-32(4)10-6-11-33(5,31(42)47-30-25(40)23(38)22(37)19(14-35)45-30)20(32)9-12-34(21,13-18)28(15)46-29-26(41)24(39)27(16(2)43-29)44-17(3)36/h16,18-30,35,37-41H,1,6-14H2,2-5H3/t16-,18+,19+,20-,21-,22+,23-,24-,25+,26-,27+,28+,29+,30-,32+,33+,34+/m0/s1. The number of ether oxygens (including phenoxy) is 5. The van der Waals surface area contributed by atoms with E-state index in [-0.39, 0.29) is 28.6 Å². The molecule has 2 bridgehead atoms. The minimum Gasteiger partial charge on any atom is -0.457 e. The molecule has 6 aliphatic rings. The van der Waals surface area contributed by atoms with Gasteiger partial charge in [0.2, 0.25) is 6.29 Å². The number of hydrogen-bond donors (Lipinski definition) is 6. The van der Waals surface area contributed by atoms with Crippen LogP contribution in [0, 0.1) is 34.0 Å². The predicted octanol–water partition coefficient (Wildman–Crippen LogP) is 0.692. The lowest BCUT2D eigenvalue weighted by atomic mass is 9.40. The number of carbonyl (C=O) groups is 2. The molecule has 6 fully saturated rings. The number of carbonyl (C=O) groups excluding carboxylic acids is 2. The zero-order valence-electron chi connectivity index (χ0n) is 27.7. The lowest BCUT2D eigenvalue weighted by molar-refractivity contribution is -0.316. The molecule has 4 aliphatic carbocycles. The van der Waals surface area contributed by atoms with Crippen LogP contribution in [0.1, 0.15) is 79.1 Å². The summed E-state index contributed by atoms with van der Waals surface area (Å²) in [5.41, 5.74) is -0.593. The second kappa shape index (κ2) is 12.6. The van der Waals surface area contributed by atoms with Crippen molar-refractivity contribution in [1.29, 1.82) is 0 Å². The van der Waals surface area contributed by atoms with Crippen molar-refractivity contribution < 1.29 is 63.9 Å². The number of rotatable bonds is 6. The van der Waals surface area contributed by atoms with Crippen molar-refractivity contribution in [2.24, 2.45) is 34.0 Å². The summed E-state index contributed by atoms with van der Waals surface area (Å²) >= 11 is 0. The van der Waals surface area contributed by atoms with Gasteiger partial charge in [0.1, 0.15) is 36.6 Å².